The highest BCUT2D eigenvalue weighted by Gasteiger charge is 2.22. The number of hydrogen-bond acceptors (Lipinski definition) is 3. The first-order valence-electron chi connectivity index (χ1n) is 5.89. The quantitative estimate of drug-likeness (QED) is 0.745. The molecule has 0 bridgehead atoms. The van der Waals surface area contributed by atoms with Crippen LogP contribution in [0.3, 0.4) is 0 Å². The molecule has 0 radical (unpaired) electrons. The second-order valence-corrected chi connectivity index (χ2v) is 4.60. The van der Waals surface area contributed by atoms with Crippen LogP contribution in [-0.4, -0.2) is 36.9 Å². The SMILES string of the molecule is Cc1ccccc1N1CC(O)CNCC1C. The van der Waals surface area contributed by atoms with Crippen LogP contribution in [0.15, 0.2) is 24.3 Å². The molecule has 2 unspecified atom stereocenters. The summed E-state index contributed by atoms with van der Waals surface area (Å²) in [5.74, 6) is 0. The van der Waals surface area contributed by atoms with Gasteiger partial charge in [0, 0.05) is 31.4 Å². The fourth-order valence-electron chi connectivity index (χ4n) is 2.26. The normalized spacial score (nSPS) is 26.6. The molecule has 0 amide bonds. The van der Waals surface area contributed by atoms with E-state index in [0.29, 0.717) is 19.1 Å². The maximum absolute atomic E-state index is 9.83. The lowest BCUT2D eigenvalue weighted by atomic mass is 10.1. The molecular weight excluding hydrogens is 200 g/mol. The third-order valence-electron chi connectivity index (χ3n) is 3.18. The lowest BCUT2D eigenvalue weighted by molar-refractivity contribution is 0.184. The fraction of sp³-hybridized carbons (Fsp3) is 0.538. The summed E-state index contributed by atoms with van der Waals surface area (Å²) in [6.45, 7) is 6.63. The van der Waals surface area contributed by atoms with Crippen molar-refractivity contribution in [2.45, 2.75) is 26.0 Å². The Morgan fingerprint density at radius 3 is 2.81 bits per heavy atom. The van der Waals surface area contributed by atoms with Crippen molar-refractivity contribution in [3.63, 3.8) is 0 Å². The Labute approximate surface area is 97.1 Å². The number of β-amino-alcohol motifs (C(OH)–C–C–N with tert-alkyl or cyclic N) is 1. The van der Waals surface area contributed by atoms with Crippen molar-refractivity contribution < 1.29 is 5.11 Å². The van der Waals surface area contributed by atoms with E-state index in [9.17, 15) is 5.11 Å². The Morgan fingerprint density at radius 1 is 1.31 bits per heavy atom. The van der Waals surface area contributed by atoms with Gasteiger partial charge in [0.05, 0.1) is 6.10 Å². The van der Waals surface area contributed by atoms with Gasteiger partial charge in [-0.25, -0.2) is 0 Å². The summed E-state index contributed by atoms with van der Waals surface area (Å²) in [6, 6.07) is 8.77. The molecule has 1 aromatic carbocycles. The number of aryl methyl sites for hydroxylation is 1. The van der Waals surface area contributed by atoms with Crippen LogP contribution in [0.1, 0.15) is 12.5 Å². The van der Waals surface area contributed by atoms with E-state index in [1.54, 1.807) is 0 Å². The van der Waals surface area contributed by atoms with E-state index in [2.05, 4.69) is 48.3 Å². The maximum Gasteiger partial charge on any atom is 0.0839 e. The van der Waals surface area contributed by atoms with Gasteiger partial charge in [-0.15, -0.1) is 0 Å². The number of benzene rings is 1. The highest BCUT2D eigenvalue weighted by molar-refractivity contribution is 5.54. The number of rotatable bonds is 1. The second-order valence-electron chi connectivity index (χ2n) is 4.60. The molecule has 1 saturated heterocycles. The number of hydrogen-bond donors (Lipinski definition) is 2. The van der Waals surface area contributed by atoms with Gasteiger partial charge >= 0.3 is 0 Å². The Bertz CT molecular complexity index is 354. The molecular formula is C13H20N2O. The highest BCUT2D eigenvalue weighted by Crippen LogP contribution is 2.22. The van der Waals surface area contributed by atoms with Crippen LogP contribution in [-0.2, 0) is 0 Å². The van der Waals surface area contributed by atoms with Crippen molar-refractivity contribution >= 4 is 5.69 Å². The summed E-state index contributed by atoms with van der Waals surface area (Å²) in [6.07, 6.45) is -0.287. The molecule has 2 N–H and O–H groups in total. The van der Waals surface area contributed by atoms with Gasteiger partial charge in [-0.2, -0.15) is 0 Å². The van der Waals surface area contributed by atoms with Gasteiger partial charge in [0.25, 0.3) is 0 Å². The van der Waals surface area contributed by atoms with Crippen molar-refractivity contribution in [2.24, 2.45) is 0 Å². The summed E-state index contributed by atoms with van der Waals surface area (Å²) >= 11 is 0. The van der Waals surface area contributed by atoms with Crippen LogP contribution in [0, 0.1) is 6.92 Å². The first-order chi connectivity index (χ1) is 7.68. The zero-order valence-electron chi connectivity index (χ0n) is 9.98. The minimum Gasteiger partial charge on any atom is -0.390 e. The van der Waals surface area contributed by atoms with E-state index in [-0.39, 0.29) is 6.10 Å². The van der Waals surface area contributed by atoms with Crippen molar-refractivity contribution in [2.75, 3.05) is 24.5 Å². The van der Waals surface area contributed by atoms with Gasteiger partial charge in [-0.1, -0.05) is 18.2 Å². The fourth-order valence-corrected chi connectivity index (χ4v) is 2.26. The average molecular weight is 220 g/mol. The van der Waals surface area contributed by atoms with Gasteiger partial charge in [0.1, 0.15) is 0 Å². The van der Waals surface area contributed by atoms with Gasteiger partial charge in [-0.05, 0) is 25.5 Å². The summed E-state index contributed by atoms with van der Waals surface area (Å²) in [5, 5.41) is 13.1. The standard InChI is InChI=1S/C13H20N2O/c1-10-5-3-4-6-13(10)15-9-12(16)8-14-7-11(15)2/h3-6,11-12,14,16H,7-9H2,1-2H3. The Morgan fingerprint density at radius 2 is 2.06 bits per heavy atom. The van der Waals surface area contributed by atoms with Crippen molar-refractivity contribution in [1.82, 2.24) is 5.32 Å². The van der Waals surface area contributed by atoms with Crippen LogP contribution >= 0.6 is 0 Å². The van der Waals surface area contributed by atoms with Crippen LogP contribution in [0.4, 0.5) is 5.69 Å². The molecule has 3 heteroatoms. The molecule has 0 aliphatic carbocycles. The molecule has 3 nitrogen and oxygen atoms in total. The van der Waals surface area contributed by atoms with Gasteiger partial charge in [0.15, 0.2) is 0 Å². The van der Waals surface area contributed by atoms with E-state index in [0.717, 1.165) is 6.54 Å². The number of nitrogens with one attached hydrogen (secondary N) is 1. The molecule has 0 aromatic heterocycles. The molecule has 2 atom stereocenters. The van der Waals surface area contributed by atoms with E-state index in [4.69, 9.17) is 0 Å². The third-order valence-corrected chi connectivity index (χ3v) is 3.18. The summed E-state index contributed by atoms with van der Waals surface area (Å²) in [4.78, 5) is 2.29. The van der Waals surface area contributed by atoms with E-state index in [1.165, 1.54) is 11.3 Å². The molecule has 1 fully saturated rings. The summed E-state index contributed by atoms with van der Waals surface area (Å²) < 4.78 is 0. The monoisotopic (exact) mass is 220 g/mol. The topological polar surface area (TPSA) is 35.5 Å². The third kappa shape index (κ3) is 2.36. The average Bonchev–Trinajstić information content (AvgIpc) is 2.42. The predicted octanol–water partition coefficient (Wildman–Crippen LogP) is 1.15. The van der Waals surface area contributed by atoms with Gasteiger partial charge < -0.3 is 15.3 Å². The molecule has 2 rings (SSSR count). The van der Waals surface area contributed by atoms with E-state index < -0.39 is 0 Å². The van der Waals surface area contributed by atoms with Crippen LogP contribution in [0.25, 0.3) is 0 Å². The molecule has 1 aliphatic rings. The lowest BCUT2D eigenvalue weighted by Gasteiger charge is -2.31. The number of anilines is 1. The molecule has 88 valence electrons. The van der Waals surface area contributed by atoms with E-state index >= 15 is 0 Å². The molecule has 0 spiro atoms. The van der Waals surface area contributed by atoms with E-state index in [1.807, 2.05) is 0 Å². The van der Waals surface area contributed by atoms with Crippen molar-refractivity contribution in [3.05, 3.63) is 29.8 Å². The Kier molecular flexibility index (Phi) is 3.46. The maximum atomic E-state index is 9.83. The number of nitrogens with zero attached hydrogens (tertiary/aromatic N) is 1. The molecule has 0 saturated carbocycles. The van der Waals surface area contributed by atoms with Crippen LogP contribution in [0.5, 0.6) is 0 Å². The molecule has 16 heavy (non-hydrogen) atoms. The number of para-hydroxylation sites is 1. The van der Waals surface area contributed by atoms with Gasteiger partial charge in [0.2, 0.25) is 0 Å². The smallest absolute Gasteiger partial charge is 0.0839 e. The second kappa shape index (κ2) is 4.85. The van der Waals surface area contributed by atoms with Crippen molar-refractivity contribution in [3.8, 4) is 0 Å². The minimum absolute atomic E-state index is 0.287. The van der Waals surface area contributed by atoms with Crippen LogP contribution in [0.2, 0.25) is 0 Å². The summed E-state index contributed by atoms with van der Waals surface area (Å²) in [7, 11) is 0. The predicted molar refractivity (Wildman–Crippen MR) is 66.9 cm³/mol. The first kappa shape index (κ1) is 11.4. The Hall–Kier alpha value is -1.06. The summed E-state index contributed by atoms with van der Waals surface area (Å²) in [5.41, 5.74) is 2.50. The van der Waals surface area contributed by atoms with Crippen LogP contribution < -0.4 is 10.2 Å². The minimum atomic E-state index is -0.287. The number of aliphatic hydroxyl groups excluding tert-OH is 1. The molecule has 1 heterocycles. The number of aliphatic hydroxyl groups is 1. The van der Waals surface area contributed by atoms with Crippen molar-refractivity contribution in [1.29, 1.82) is 0 Å². The highest BCUT2D eigenvalue weighted by atomic mass is 16.3. The zero-order chi connectivity index (χ0) is 11.5. The van der Waals surface area contributed by atoms with Gasteiger partial charge in [-0.3, -0.25) is 0 Å². The lowest BCUT2D eigenvalue weighted by Crippen LogP contribution is -2.39. The molecule has 1 aliphatic heterocycles. The largest absolute Gasteiger partial charge is 0.390 e. The Balaban J connectivity index is 2.26. The first-order valence-corrected chi connectivity index (χ1v) is 5.89. The molecule has 1 aromatic rings. The zero-order valence-corrected chi connectivity index (χ0v) is 9.98.